The maximum atomic E-state index is 6.07. The van der Waals surface area contributed by atoms with Crippen LogP contribution < -0.4 is 0 Å². The van der Waals surface area contributed by atoms with E-state index in [1.54, 1.807) is 0 Å². The summed E-state index contributed by atoms with van der Waals surface area (Å²) in [5.74, 6) is 0.825. The predicted octanol–water partition coefficient (Wildman–Crippen LogP) is 10.6. The zero-order valence-corrected chi connectivity index (χ0v) is 27.7. The minimum Gasteiger partial charge on any atom is -0.501 e. The van der Waals surface area contributed by atoms with Crippen molar-refractivity contribution in [2.75, 3.05) is 0 Å². The maximum absolute atomic E-state index is 6.07. The molecular formula is C40H34IrN2O-2. The molecule has 0 bridgehead atoms. The molecule has 3 heterocycles. The van der Waals surface area contributed by atoms with Crippen molar-refractivity contribution in [3.8, 4) is 22.5 Å². The van der Waals surface area contributed by atoms with Crippen LogP contribution in [0, 0.1) is 19.1 Å². The van der Waals surface area contributed by atoms with E-state index in [2.05, 4.69) is 123 Å². The van der Waals surface area contributed by atoms with E-state index < -0.39 is 0 Å². The van der Waals surface area contributed by atoms with E-state index in [0.717, 1.165) is 44.5 Å². The molecule has 1 radical (unpaired) electrons. The first-order valence-corrected chi connectivity index (χ1v) is 14.8. The van der Waals surface area contributed by atoms with Crippen molar-refractivity contribution < 1.29 is 24.5 Å². The molecule has 7 rings (SSSR count). The van der Waals surface area contributed by atoms with Crippen LogP contribution >= 0.6 is 0 Å². The molecule has 3 aromatic heterocycles. The van der Waals surface area contributed by atoms with Gasteiger partial charge in [-0.15, -0.1) is 53.6 Å². The van der Waals surface area contributed by atoms with Crippen molar-refractivity contribution in [3.05, 3.63) is 156 Å². The van der Waals surface area contributed by atoms with Gasteiger partial charge in [0.1, 0.15) is 5.58 Å². The van der Waals surface area contributed by atoms with Crippen LogP contribution in [-0.2, 0) is 20.1 Å². The third-order valence-electron chi connectivity index (χ3n) is 7.86. The Kier molecular flexibility index (Phi) is 9.85. The van der Waals surface area contributed by atoms with Crippen LogP contribution in [0.2, 0.25) is 0 Å². The van der Waals surface area contributed by atoms with Gasteiger partial charge in [-0.25, -0.2) is 0 Å². The zero-order valence-electron chi connectivity index (χ0n) is 25.3. The Morgan fingerprint density at radius 1 is 0.659 bits per heavy atom. The number of fused-ring (bicyclic) bond motifs is 3. The van der Waals surface area contributed by atoms with Crippen LogP contribution in [0.3, 0.4) is 0 Å². The van der Waals surface area contributed by atoms with Crippen molar-refractivity contribution in [2.45, 2.75) is 39.5 Å². The molecule has 4 heteroatoms. The molecule has 3 nitrogen and oxygen atoms in total. The standard InChI is InChI=1S/C20H16NO.C20H18N.Ir/c1-13(2)14-10-11-21-18(12-14)17-8-5-7-16-15-6-3-4-9-19(15)22-20(16)17;1-15-7-6-10-18(13-15)20-12-11-19(14-21-20)16(2)17-8-4-3-5-9-17;/h3-7,9-13H,1-2H3;3-9,11-14,16H,1-2H3;/q2*-1;. The first-order valence-electron chi connectivity index (χ1n) is 14.8. The number of aryl methyl sites for hydroxylation is 1. The summed E-state index contributed by atoms with van der Waals surface area (Å²) in [6.07, 6.45) is 3.84. The van der Waals surface area contributed by atoms with Crippen molar-refractivity contribution in [1.29, 1.82) is 0 Å². The van der Waals surface area contributed by atoms with Gasteiger partial charge < -0.3 is 14.4 Å². The first-order chi connectivity index (χ1) is 21.0. The maximum Gasteiger partial charge on any atom is 0.120 e. The number of aromatic nitrogens is 2. The van der Waals surface area contributed by atoms with Crippen LogP contribution in [-0.4, -0.2) is 9.97 Å². The van der Waals surface area contributed by atoms with Gasteiger partial charge in [0.05, 0.1) is 5.58 Å². The molecule has 4 aromatic carbocycles. The molecule has 0 spiro atoms. The van der Waals surface area contributed by atoms with Gasteiger partial charge in [-0.1, -0.05) is 111 Å². The summed E-state index contributed by atoms with van der Waals surface area (Å²) in [4.78, 5) is 9.13. The van der Waals surface area contributed by atoms with Crippen molar-refractivity contribution >= 4 is 21.9 Å². The Balaban J connectivity index is 0.000000171. The van der Waals surface area contributed by atoms with Gasteiger partial charge in [-0.05, 0) is 40.6 Å². The molecule has 0 aliphatic carbocycles. The molecule has 44 heavy (non-hydrogen) atoms. The minimum atomic E-state index is 0. The van der Waals surface area contributed by atoms with Gasteiger partial charge in [0.15, 0.2) is 0 Å². The second-order valence-corrected chi connectivity index (χ2v) is 11.2. The second-order valence-electron chi connectivity index (χ2n) is 11.2. The van der Waals surface area contributed by atoms with E-state index in [1.165, 1.54) is 22.3 Å². The van der Waals surface area contributed by atoms with E-state index in [9.17, 15) is 0 Å². The van der Waals surface area contributed by atoms with Crippen LogP contribution in [0.15, 0.2) is 126 Å². The molecule has 1 atom stereocenters. The smallest absolute Gasteiger partial charge is 0.120 e. The minimum absolute atomic E-state index is 0. The fourth-order valence-corrected chi connectivity index (χ4v) is 5.31. The Hall–Kier alpha value is -4.37. The Morgan fingerprint density at radius 2 is 1.43 bits per heavy atom. The van der Waals surface area contributed by atoms with E-state index in [4.69, 9.17) is 4.42 Å². The summed E-state index contributed by atoms with van der Waals surface area (Å²) in [5.41, 5.74) is 10.7. The SMILES string of the molecule is CC(C)c1ccnc(-c2[c-]ccc3c2oc2ccccc23)c1.Cc1cc[c-]c(-c2ccc(C(C)c3ccccc3)cn2)c1.[Ir]. The van der Waals surface area contributed by atoms with Crippen molar-refractivity contribution in [3.63, 3.8) is 0 Å². The van der Waals surface area contributed by atoms with Crippen LogP contribution in [0.25, 0.3) is 44.5 Å². The summed E-state index contributed by atoms with van der Waals surface area (Å²) in [7, 11) is 0. The number of pyridine rings is 2. The van der Waals surface area contributed by atoms with Gasteiger partial charge in [-0.3, -0.25) is 0 Å². The molecule has 7 aromatic rings. The summed E-state index contributed by atoms with van der Waals surface area (Å²) < 4.78 is 6.07. The summed E-state index contributed by atoms with van der Waals surface area (Å²) in [5, 5.41) is 2.24. The van der Waals surface area contributed by atoms with Crippen molar-refractivity contribution in [1.82, 2.24) is 9.97 Å². The summed E-state index contributed by atoms with van der Waals surface area (Å²) in [6.45, 7) is 8.67. The van der Waals surface area contributed by atoms with E-state index in [-0.39, 0.29) is 20.1 Å². The molecule has 0 amide bonds. The molecule has 221 valence electrons. The first kappa shape index (κ1) is 31.1. The second kappa shape index (κ2) is 13.9. The zero-order chi connectivity index (χ0) is 29.8. The van der Waals surface area contributed by atoms with Gasteiger partial charge in [0.2, 0.25) is 0 Å². The quantitative estimate of drug-likeness (QED) is 0.165. The Bertz CT molecular complexity index is 1980. The average Bonchev–Trinajstić information content (AvgIpc) is 3.44. The van der Waals surface area contributed by atoms with Gasteiger partial charge in [-0.2, -0.15) is 0 Å². The van der Waals surface area contributed by atoms with Crippen LogP contribution in [0.4, 0.5) is 0 Å². The summed E-state index contributed by atoms with van der Waals surface area (Å²) >= 11 is 0. The fourth-order valence-electron chi connectivity index (χ4n) is 5.31. The molecular weight excluding hydrogens is 717 g/mol. The van der Waals surface area contributed by atoms with Crippen LogP contribution in [0.1, 0.15) is 54.9 Å². The third kappa shape index (κ3) is 6.73. The van der Waals surface area contributed by atoms with E-state index in [1.807, 2.05) is 48.8 Å². The average molecular weight is 751 g/mol. The third-order valence-corrected chi connectivity index (χ3v) is 7.86. The molecule has 0 saturated carbocycles. The van der Waals surface area contributed by atoms with Gasteiger partial charge in [0, 0.05) is 43.8 Å². The predicted molar refractivity (Wildman–Crippen MR) is 177 cm³/mol. The number of hydrogen-bond donors (Lipinski definition) is 0. The molecule has 0 N–H and O–H groups in total. The Labute approximate surface area is 273 Å². The van der Waals surface area contributed by atoms with E-state index >= 15 is 0 Å². The number of para-hydroxylation sites is 1. The molecule has 0 aliphatic rings. The Morgan fingerprint density at radius 3 is 2.18 bits per heavy atom. The number of rotatable bonds is 5. The number of benzene rings is 4. The number of furan rings is 1. The van der Waals surface area contributed by atoms with Crippen LogP contribution in [0.5, 0.6) is 0 Å². The number of nitrogens with zero attached hydrogens (tertiary/aromatic N) is 2. The molecule has 0 saturated heterocycles. The largest absolute Gasteiger partial charge is 0.501 e. The molecule has 0 aliphatic heterocycles. The topological polar surface area (TPSA) is 38.9 Å². The van der Waals surface area contributed by atoms with Gasteiger partial charge in [0.25, 0.3) is 0 Å². The normalized spacial score (nSPS) is 11.6. The number of hydrogen-bond acceptors (Lipinski definition) is 3. The van der Waals surface area contributed by atoms with Gasteiger partial charge >= 0.3 is 0 Å². The molecule has 1 unspecified atom stereocenters. The molecule has 0 fully saturated rings. The van der Waals surface area contributed by atoms with E-state index in [0.29, 0.717) is 11.8 Å². The monoisotopic (exact) mass is 751 g/mol. The van der Waals surface area contributed by atoms with Crippen molar-refractivity contribution in [2.24, 2.45) is 0 Å². The fraction of sp³-hybridized carbons (Fsp3) is 0.150. The summed E-state index contributed by atoms with van der Waals surface area (Å²) in [6, 6.07) is 43.7.